The molecule has 1 aromatic heterocycles. The van der Waals surface area contributed by atoms with Crippen LogP contribution in [0, 0.1) is 6.92 Å². The molecule has 0 aliphatic rings. The molecule has 19 heavy (non-hydrogen) atoms. The second-order valence-corrected chi connectivity index (χ2v) is 5.42. The molecule has 4 nitrogen and oxygen atoms in total. The normalized spacial score (nSPS) is 12.2. The number of aryl methyl sites for hydroxylation is 1. The minimum absolute atomic E-state index is 0.309. The van der Waals surface area contributed by atoms with E-state index in [1.807, 2.05) is 6.92 Å². The van der Waals surface area contributed by atoms with Crippen LogP contribution in [-0.4, -0.2) is 21.0 Å². The molecule has 0 amide bonds. The van der Waals surface area contributed by atoms with Crippen molar-refractivity contribution in [3.05, 3.63) is 17.5 Å². The van der Waals surface area contributed by atoms with E-state index in [0.717, 1.165) is 12.1 Å². The lowest BCUT2D eigenvalue weighted by atomic mass is 10.1. The van der Waals surface area contributed by atoms with Crippen molar-refractivity contribution in [3.63, 3.8) is 0 Å². The van der Waals surface area contributed by atoms with E-state index in [1.165, 1.54) is 25.7 Å². The molecule has 0 radical (unpaired) electrons. The van der Waals surface area contributed by atoms with E-state index >= 15 is 0 Å². The van der Waals surface area contributed by atoms with Gasteiger partial charge in [-0.2, -0.15) is 0 Å². The number of rotatable bonds is 8. The van der Waals surface area contributed by atoms with Gasteiger partial charge >= 0.3 is 0 Å². The molecule has 0 aliphatic carbocycles. The Balaban J connectivity index is 2.53. The molecule has 0 aliphatic heterocycles. The van der Waals surface area contributed by atoms with Crippen molar-refractivity contribution in [2.45, 2.75) is 58.9 Å². The standard InChI is InChI=1S/C14H24N4S/c1-4-5-6-7-8-10(2)16-14-17-11(3)9-12(18-14)13(15)19/h9-10H,4-8H2,1-3H3,(H2,15,19)(H,16,17,18). The second-order valence-electron chi connectivity index (χ2n) is 4.98. The average Bonchev–Trinajstić information content (AvgIpc) is 2.34. The minimum atomic E-state index is 0.309. The summed E-state index contributed by atoms with van der Waals surface area (Å²) < 4.78 is 0. The van der Waals surface area contributed by atoms with Gasteiger partial charge in [0, 0.05) is 11.7 Å². The summed E-state index contributed by atoms with van der Waals surface area (Å²) in [5.74, 6) is 0.616. The zero-order valence-corrected chi connectivity index (χ0v) is 12.9. The van der Waals surface area contributed by atoms with Crippen LogP contribution in [0.25, 0.3) is 0 Å². The summed E-state index contributed by atoms with van der Waals surface area (Å²) in [5, 5.41) is 3.32. The lowest BCUT2D eigenvalue weighted by Crippen LogP contribution is -2.20. The highest BCUT2D eigenvalue weighted by molar-refractivity contribution is 7.80. The van der Waals surface area contributed by atoms with Crippen LogP contribution in [-0.2, 0) is 0 Å². The van der Waals surface area contributed by atoms with Crippen LogP contribution >= 0.6 is 12.2 Å². The van der Waals surface area contributed by atoms with Crippen LogP contribution in [0.15, 0.2) is 6.07 Å². The maximum Gasteiger partial charge on any atom is 0.223 e. The Morgan fingerprint density at radius 2 is 2.11 bits per heavy atom. The summed E-state index contributed by atoms with van der Waals surface area (Å²) in [5.41, 5.74) is 7.11. The number of thiocarbonyl (C=S) groups is 1. The third-order valence-electron chi connectivity index (χ3n) is 2.97. The summed E-state index contributed by atoms with van der Waals surface area (Å²) in [6, 6.07) is 2.16. The highest BCUT2D eigenvalue weighted by atomic mass is 32.1. The first kappa shape index (κ1) is 15.8. The molecule has 1 heterocycles. The topological polar surface area (TPSA) is 63.8 Å². The van der Waals surface area contributed by atoms with Gasteiger partial charge in [-0.1, -0.05) is 44.8 Å². The number of anilines is 1. The number of unbranched alkanes of at least 4 members (excludes halogenated alkanes) is 3. The zero-order chi connectivity index (χ0) is 14.3. The minimum Gasteiger partial charge on any atom is -0.388 e. The molecule has 0 bridgehead atoms. The molecule has 0 saturated carbocycles. The maximum atomic E-state index is 5.61. The molecule has 1 aromatic rings. The van der Waals surface area contributed by atoms with Crippen molar-refractivity contribution >= 4 is 23.2 Å². The highest BCUT2D eigenvalue weighted by Gasteiger charge is 2.07. The number of hydrogen-bond acceptors (Lipinski definition) is 4. The Morgan fingerprint density at radius 3 is 2.74 bits per heavy atom. The summed E-state index contributed by atoms with van der Waals surface area (Å²) >= 11 is 4.95. The first-order valence-electron chi connectivity index (χ1n) is 6.95. The van der Waals surface area contributed by atoms with Gasteiger partial charge in [-0.3, -0.25) is 0 Å². The molecular weight excluding hydrogens is 256 g/mol. The summed E-state index contributed by atoms with van der Waals surface area (Å²) in [6.45, 7) is 6.29. The third kappa shape index (κ3) is 5.96. The largest absolute Gasteiger partial charge is 0.388 e. The SMILES string of the molecule is CCCCCCC(C)Nc1nc(C)cc(C(N)=S)n1. The Kier molecular flexibility index (Phi) is 6.70. The predicted molar refractivity (Wildman–Crippen MR) is 84.5 cm³/mol. The van der Waals surface area contributed by atoms with Gasteiger partial charge < -0.3 is 11.1 Å². The molecule has 0 aromatic carbocycles. The molecular formula is C14H24N4S. The lowest BCUT2D eigenvalue weighted by Gasteiger charge is -2.14. The summed E-state index contributed by atoms with van der Waals surface area (Å²) in [4.78, 5) is 9.00. The fourth-order valence-corrected chi connectivity index (χ4v) is 2.03. The lowest BCUT2D eigenvalue weighted by molar-refractivity contribution is 0.591. The molecule has 5 heteroatoms. The number of hydrogen-bond donors (Lipinski definition) is 2. The first-order valence-corrected chi connectivity index (χ1v) is 7.35. The molecule has 106 valence electrons. The van der Waals surface area contributed by atoms with Crippen molar-refractivity contribution in [2.24, 2.45) is 5.73 Å². The van der Waals surface area contributed by atoms with Gasteiger partial charge in [-0.25, -0.2) is 9.97 Å². The molecule has 0 saturated heterocycles. The quantitative estimate of drug-likeness (QED) is 0.565. The Labute approximate surface area is 121 Å². The van der Waals surface area contributed by atoms with E-state index in [-0.39, 0.29) is 0 Å². The molecule has 1 atom stereocenters. The highest BCUT2D eigenvalue weighted by Crippen LogP contribution is 2.10. The molecule has 1 rings (SSSR count). The van der Waals surface area contributed by atoms with Crippen molar-refractivity contribution in [1.82, 2.24) is 9.97 Å². The van der Waals surface area contributed by atoms with Gasteiger partial charge in [0.2, 0.25) is 5.95 Å². The van der Waals surface area contributed by atoms with Crippen molar-refractivity contribution in [1.29, 1.82) is 0 Å². The van der Waals surface area contributed by atoms with Crippen molar-refractivity contribution < 1.29 is 0 Å². The van der Waals surface area contributed by atoms with Gasteiger partial charge in [0.25, 0.3) is 0 Å². The van der Waals surface area contributed by atoms with Crippen molar-refractivity contribution in [2.75, 3.05) is 5.32 Å². The predicted octanol–water partition coefficient (Wildman–Crippen LogP) is 3.19. The van der Waals surface area contributed by atoms with Crippen LogP contribution in [0.4, 0.5) is 5.95 Å². The van der Waals surface area contributed by atoms with E-state index in [9.17, 15) is 0 Å². The zero-order valence-electron chi connectivity index (χ0n) is 12.1. The number of aromatic nitrogens is 2. The van der Waals surface area contributed by atoms with Gasteiger partial charge in [0.15, 0.2) is 0 Å². The number of nitrogens with two attached hydrogens (primary N) is 1. The van der Waals surface area contributed by atoms with E-state index < -0.39 is 0 Å². The second kappa shape index (κ2) is 8.04. The summed E-state index contributed by atoms with van der Waals surface area (Å²) in [6.07, 6.45) is 6.21. The molecule has 1 unspecified atom stereocenters. The molecule has 3 N–H and O–H groups in total. The van der Waals surface area contributed by atoms with Gasteiger partial charge in [-0.15, -0.1) is 0 Å². The summed E-state index contributed by atoms with van der Waals surface area (Å²) in [7, 11) is 0. The van der Waals surface area contributed by atoms with Gasteiger partial charge in [0.05, 0.1) is 0 Å². The van der Waals surface area contributed by atoms with E-state index in [2.05, 4.69) is 29.1 Å². The monoisotopic (exact) mass is 280 g/mol. The van der Waals surface area contributed by atoms with Gasteiger partial charge in [-0.05, 0) is 26.3 Å². The Bertz CT molecular complexity index is 420. The fourth-order valence-electron chi connectivity index (χ4n) is 1.93. The van der Waals surface area contributed by atoms with Crippen LogP contribution < -0.4 is 11.1 Å². The van der Waals surface area contributed by atoms with Crippen molar-refractivity contribution in [3.8, 4) is 0 Å². The fraction of sp³-hybridized carbons (Fsp3) is 0.643. The van der Waals surface area contributed by atoms with Crippen LogP contribution in [0.2, 0.25) is 0 Å². The third-order valence-corrected chi connectivity index (χ3v) is 3.18. The molecule has 0 fully saturated rings. The molecule has 0 spiro atoms. The van der Waals surface area contributed by atoms with E-state index in [4.69, 9.17) is 18.0 Å². The van der Waals surface area contributed by atoms with E-state index in [0.29, 0.717) is 22.7 Å². The average molecular weight is 280 g/mol. The Hall–Kier alpha value is -1.23. The number of nitrogens with zero attached hydrogens (tertiary/aromatic N) is 2. The number of nitrogens with one attached hydrogen (secondary N) is 1. The van der Waals surface area contributed by atoms with E-state index in [1.54, 1.807) is 6.07 Å². The first-order chi connectivity index (χ1) is 9.02. The van der Waals surface area contributed by atoms with Gasteiger partial charge in [0.1, 0.15) is 10.7 Å². The van der Waals surface area contributed by atoms with Crippen LogP contribution in [0.5, 0.6) is 0 Å². The maximum absolute atomic E-state index is 5.61. The smallest absolute Gasteiger partial charge is 0.223 e. The van der Waals surface area contributed by atoms with Crippen LogP contribution in [0.3, 0.4) is 0 Å². The Morgan fingerprint density at radius 1 is 1.37 bits per heavy atom. The van der Waals surface area contributed by atoms with Crippen LogP contribution in [0.1, 0.15) is 57.3 Å².